The molecular formula is C14H16INO3. The minimum absolute atomic E-state index is 0.344. The molecule has 0 saturated carbocycles. The summed E-state index contributed by atoms with van der Waals surface area (Å²) in [6.07, 6.45) is 4.61. The SMILES string of the molecule is CCCCc1oc2ncc(C(=O)OCC)cc2c1I. The topological polar surface area (TPSA) is 52.3 Å². The number of esters is 1. The molecular weight excluding hydrogens is 357 g/mol. The third kappa shape index (κ3) is 3.08. The zero-order chi connectivity index (χ0) is 13.8. The Morgan fingerprint density at radius 3 is 2.95 bits per heavy atom. The highest BCUT2D eigenvalue weighted by atomic mass is 127. The number of halogens is 1. The lowest BCUT2D eigenvalue weighted by Crippen LogP contribution is -2.04. The lowest BCUT2D eigenvalue weighted by Gasteiger charge is -2.00. The van der Waals surface area contributed by atoms with E-state index in [1.54, 1.807) is 13.0 Å². The molecule has 0 fully saturated rings. The van der Waals surface area contributed by atoms with Gasteiger partial charge in [0.2, 0.25) is 5.71 Å². The molecule has 0 spiro atoms. The van der Waals surface area contributed by atoms with Crippen LogP contribution in [0.5, 0.6) is 0 Å². The second-order valence-corrected chi connectivity index (χ2v) is 5.32. The number of rotatable bonds is 5. The maximum Gasteiger partial charge on any atom is 0.339 e. The summed E-state index contributed by atoms with van der Waals surface area (Å²) in [5.41, 5.74) is 1.05. The van der Waals surface area contributed by atoms with Gasteiger partial charge in [0.05, 0.1) is 21.1 Å². The van der Waals surface area contributed by atoms with E-state index in [1.165, 1.54) is 6.20 Å². The first-order valence-electron chi connectivity index (χ1n) is 6.41. The van der Waals surface area contributed by atoms with Gasteiger partial charge in [-0.25, -0.2) is 9.78 Å². The minimum atomic E-state index is -0.344. The highest BCUT2D eigenvalue weighted by Crippen LogP contribution is 2.28. The first-order chi connectivity index (χ1) is 9.17. The van der Waals surface area contributed by atoms with E-state index in [1.807, 2.05) is 0 Å². The predicted octanol–water partition coefficient (Wildman–Crippen LogP) is 3.95. The van der Waals surface area contributed by atoms with Crippen LogP contribution in [-0.4, -0.2) is 17.6 Å². The summed E-state index contributed by atoms with van der Waals surface area (Å²) in [4.78, 5) is 15.9. The number of aryl methyl sites for hydroxylation is 1. The summed E-state index contributed by atoms with van der Waals surface area (Å²) in [7, 11) is 0. The van der Waals surface area contributed by atoms with Crippen LogP contribution in [0.4, 0.5) is 0 Å². The largest absolute Gasteiger partial charge is 0.462 e. The second-order valence-electron chi connectivity index (χ2n) is 4.24. The normalized spacial score (nSPS) is 10.9. The van der Waals surface area contributed by atoms with E-state index < -0.39 is 0 Å². The Bertz CT molecular complexity index is 592. The molecule has 2 aromatic heterocycles. The average Bonchev–Trinajstić information content (AvgIpc) is 2.73. The van der Waals surface area contributed by atoms with Gasteiger partial charge < -0.3 is 9.15 Å². The zero-order valence-corrected chi connectivity index (χ0v) is 13.2. The fourth-order valence-corrected chi connectivity index (χ4v) is 2.59. The van der Waals surface area contributed by atoms with Crippen LogP contribution in [0.3, 0.4) is 0 Å². The van der Waals surface area contributed by atoms with Gasteiger partial charge in [-0.2, -0.15) is 0 Å². The number of carbonyl (C=O) groups excluding carboxylic acids is 1. The van der Waals surface area contributed by atoms with Crippen molar-refractivity contribution in [2.45, 2.75) is 33.1 Å². The molecule has 0 bridgehead atoms. The van der Waals surface area contributed by atoms with E-state index in [4.69, 9.17) is 9.15 Å². The fraction of sp³-hybridized carbons (Fsp3) is 0.429. The standard InChI is InChI=1S/C14H16INO3/c1-3-5-6-11-12(15)10-7-9(14(17)18-4-2)8-16-13(10)19-11/h7-8H,3-6H2,1-2H3. The van der Waals surface area contributed by atoms with E-state index in [2.05, 4.69) is 34.5 Å². The molecule has 4 nitrogen and oxygen atoms in total. The summed E-state index contributed by atoms with van der Waals surface area (Å²) in [5, 5.41) is 0.886. The number of nitrogens with zero attached hydrogens (tertiary/aromatic N) is 1. The number of carbonyl (C=O) groups is 1. The predicted molar refractivity (Wildman–Crippen MR) is 81.3 cm³/mol. The molecule has 2 rings (SSSR count). The monoisotopic (exact) mass is 373 g/mol. The van der Waals surface area contributed by atoms with Crippen LogP contribution >= 0.6 is 22.6 Å². The van der Waals surface area contributed by atoms with Gasteiger partial charge in [-0.1, -0.05) is 13.3 Å². The number of unbranched alkanes of at least 4 members (excludes halogenated alkanes) is 1. The van der Waals surface area contributed by atoms with Gasteiger partial charge >= 0.3 is 5.97 Å². The summed E-state index contributed by atoms with van der Waals surface area (Å²) < 4.78 is 11.7. The third-order valence-corrected chi connectivity index (χ3v) is 4.00. The lowest BCUT2D eigenvalue weighted by molar-refractivity contribution is 0.0526. The second kappa shape index (κ2) is 6.36. The van der Waals surface area contributed by atoms with Crippen molar-refractivity contribution in [3.05, 3.63) is 27.2 Å². The number of aromatic nitrogens is 1. The average molecular weight is 373 g/mol. The van der Waals surface area contributed by atoms with Gasteiger partial charge in [0.15, 0.2) is 0 Å². The summed E-state index contributed by atoms with van der Waals surface area (Å²) in [6, 6.07) is 1.79. The van der Waals surface area contributed by atoms with E-state index >= 15 is 0 Å². The van der Waals surface area contributed by atoms with Crippen LogP contribution in [0.25, 0.3) is 11.1 Å². The molecule has 0 atom stereocenters. The van der Waals surface area contributed by atoms with Crippen molar-refractivity contribution in [1.29, 1.82) is 0 Å². The van der Waals surface area contributed by atoms with Gasteiger partial charge in [0, 0.05) is 12.6 Å². The van der Waals surface area contributed by atoms with Crippen LogP contribution in [0.2, 0.25) is 0 Å². The minimum Gasteiger partial charge on any atom is -0.462 e. The van der Waals surface area contributed by atoms with Crippen molar-refractivity contribution in [1.82, 2.24) is 4.98 Å². The smallest absolute Gasteiger partial charge is 0.339 e. The maximum atomic E-state index is 11.7. The number of fused-ring (bicyclic) bond motifs is 1. The van der Waals surface area contributed by atoms with Crippen molar-refractivity contribution in [3.63, 3.8) is 0 Å². The number of pyridine rings is 1. The van der Waals surface area contributed by atoms with Crippen molar-refractivity contribution in [2.75, 3.05) is 6.61 Å². The Kier molecular flexibility index (Phi) is 4.79. The Balaban J connectivity index is 2.36. The number of hydrogen-bond acceptors (Lipinski definition) is 4. The van der Waals surface area contributed by atoms with E-state index in [0.29, 0.717) is 17.9 Å². The molecule has 0 radical (unpaired) electrons. The van der Waals surface area contributed by atoms with Crippen molar-refractivity contribution >= 4 is 39.7 Å². The molecule has 0 aliphatic carbocycles. The molecule has 0 aliphatic heterocycles. The molecule has 0 unspecified atom stereocenters. The molecule has 0 saturated heterocycles. The Morgan fingerprint density at radius 2 is 2.26 bits per heavy atom. The Labute approximate surface area is 125 Å². The third-order valence-electron chi connectivity index (χ3n) is 2.82. The van der Waals surface area contributed by atoms with E-state index in [0.717, 1.165) is 34.0 Å². The van der Waals surface area contributed by atoms with E-state index in [-0.39, 0.29) is 5.97 Å². The van der Waals surface area contributed by atoms with E-state index in [9.17, 15) is 4.79 Å². The Hall–Kier alpha value is -1.11. The molecule has 19 heavy (non-hydrogen) atoms. The molecule has 0 N–H and O–H groups in total. The van der Waals surface area contributed by atoms with Gasteiger partial charge in [-0.3, -0.25) is 0 Å². The number of furan rings is 1. The highest BCUT2D eigenvalue weighted by molar-refractivity contribution is 14.1. The van der Waals surface area contributed by atoms with Gasteiger partial charge in [0.25, 0.3) is 0 Å². The van der Waals surface area contributed by atoms with Crippen molar-refractivity contribution < 1.29 is 13.9 Å². The fourth-order valence-electron chi connectivity index (χ4n) is 1.83. The highest BCUT2D eigenvalue weighted by Gasteiger charge is 2.15. The van der Waals surface area contributed by atoms with Crippen LogP contribution in [0, 0.1) is 3.57 Å². The van der Waals surface area contributed by atoms with Crippen molar-refractivity contribution in [3.8, 4) is 0 Å². The van der Waals surface area contributed by atoms with Crippen LogP contribution < -0.4 is 0 Å². The number of hydrogen-bond donors (Lipinski definition) is 0. The molecule has 5 heteroatoms. The number of ether oxygens (including phenoxy) is 1. The molecule has 0 aromatic carbocycles. The lowest BCUT2D eigenvalue weighted by atomic mass is 10.2. The van der Waals surface area contributed by atoms with Gasteiger partial charge in [-0.05, 0) is 42.0 Å². The summed E-state index contributed by atoms with van der Waals surface area (Å²) in [6.45, 7) is 4.29. The maximum absolute atomic E-state index is 11.7. The summed E-state index contributed by atoms with van der Waals surface area (Å²) in [5.74, 6) is 0.606. The van der Waals surface area contributed by atoms with Crippen LogP contribution in [0.15, 0.2) is 16.7 Å². The molecule has 102 valence electrons. The quantitative estimate of drug-likeness (QED) is 0.588. The molecule has 0 aliphatic rings. The molecule has 2 heterocycles. The van der Waals surface area contributed by atoms with Gasteiger partial charge in [-0.15, -0.1) is 0 Å². The first kappa shape index (κ1) is 14.3. The molecule has 2 aromatic rings. The molecule has 0 amide bonds. The zero-order valence-electron chi connectivity index (χ0n) is 11.0. The first-order valence-corrected chi connectivity index (χ1v) is 7.49. The van der Waals surface area contributed by atoms with Crippen molar-refractivity contribution in [2.24, 2.45) is 0 Å². The van der Waals surface area contributed by atoms with Crippen LogP contribution in [0.1, 0.15) is 42.8 Å². The summed E-state index contributed by atoms with van der Waals surface area (Å²) >= 11 is 2.25. The Morgan fingerprint density at radius 1 is 1.47 bits per heavy atom. The van der Waals surface area contributed by atoms with Gasteiger partial charge in [0.1, 0.15) is 5.76 Å². The van der Waals surface area contributed by atoms with Crippen LogP contribution in [-0.2, 0) is 11.2 Å².